The second-order valence-electron chi connectivity index (χ2n) is 7.60. The van der Waals surface area contributed by atoms with Gasteiger partial charge in [0.1, 0.15) is 17.4 Å². The quantitative estimate of drug-likeness (QED) is 0.780. The lowest BCUT2D eigenvalue weighted by atomic mass is 10.1. The van der Waals surface area contributed by atoms with Gasteiger partial charge in [-0.2, -0.15) is 0 Å². The Labute approximate surface area is 164 Å². The van der Waals surface area contributed by atoms with Crippen LogP contribution in [0, 0.1) is 11.7 Å². The van der Waals surface area contributed by atoms with Crippen LogP contribution in [0.1, 0.15) is 36.2 Å². The first-order valence-corrected chi connectivity index (χ1v) is 9.38. The van der Waals surface area contributed by atoms with E-state index < -0.39 is 34.9 Å². The molecule has 3 heterocycles. The van der Waals surface area contributed by atoms with Crippen molar-refractivity contribution < 1.29 is 23.5 Å². The van der Waals surface area contributed by atoms with Crippen LogP contribution in [0.25, 0.3) is 11.0 Å². The number of hydrogen-bond acceptors (Lipinski definition) is 5. The monoisotopic (exact) mass is 406 g/mol. The van der Waals surface area contributed by atoms with Gasteiger partial charge in [0.25, 0.3) is 0 Å². The highest BCUT2D eigenvalue weighted by molar-refractivity contribution is 5.92. The third-order valence-electron chi connectivity index (χ3n) is 5.38. The van der Waals surface area contributed by atoms with Crippen molar-refractivity contribution in [3.63, 3.8) is 0 Å². The van der Waals surface area contributed by atoms with Crippen LogP contribution in [0.3, 0.4) is 0 Å². The molecule has 10 heteroatoms. The first-order chi connectivity index (χ1) is 13.8. The van der Waals surface area contributed by atoms with Crippen LogP contribution in [0.5, 0.6) is 0 Å². The second kappa shape index (κ2) is 7.09. The smallest absolute Gasteiger partial charge is 0.341 e. The summed E-state index contributed by atoms with van der Waals surface area (Å²) in [5.41, 5.74) is -1.03. The topological polar surface area (TPSA) is 105 Å². The molecule has 8 nitrogen and oxygen atoms in total. The molecule has 1 saturated carbocycles. The van der Waals surface area contributed by atoms with Gasteiger partial charge in [0.2, 0.25) is 11.3 Å². The van der Waals surface area contributed by atoms with Crippen LogP contribution in [0.4, 0.5) is 14.6 Å². The van der Waals surface area contributed by atoms with E-state index in [9.17, 15) is 28.3 Å². The highest BCUT2D eigenvalue weighted by atomic mass is 19.1. The van der Waals surface area contributed by atoms with E-state index in [1.807, 2.05) is 0 Å². The van der Waals surface area contributed by atoms with Crippen LogP contribution < -0.4 is 15.6 Å². The van der Waals surface area contributed by atoms with Crippen LogP contribution in [-0.4, -0.2) is 52.3 Å². The second-order valence-corrected chi connectivity index (χ2v) is 7.60. The Kier molecular flexibility index (Phi) is 4.71. The van der Waals surface area contributed by atoms with Crippen LogP contribution in [0.15, 0.2) is 17.1 Å². The maximum Gasteiger partial charge on any atom is 0.341 e. The molecule has 1 aliphatic carbocycles. The lowest BCUT2D eigenvalue weighted by Crippen LogP contribution is -2.31. The third kappa shape index (κ3) is 3.54. The molecule has 2 aliphatic rings. The number of carbonyl (C=O) groups excluding carboxylic acids is 1. The summed E-state index contributed by atoms with van der Waals surface area (Å²) in [6.45, 7) is 1.56. The zero-order chi connectivity index (χ0) is 20.9. The number of pyridine rings is 2. The number of aromatic nitrogens is 2. The molecule has 0 unspecified atom stereocenters. The Balaban J connectivity index is 1.75. The molecule has 1 aliphatic heterocycles. The van der Waals surface area contributed by atoms with Gasteiger partial charge in [0.05, 0.1) is 11.9 Å². The number of anilines is 1. The van der Waals surface area contributed by atoms with E-state index in [0.29, 0.717) is 0 Å². The van der Waals surface area contributed by atoms with Crippen molar-refractivity contribution in [2.45, 2.75) is 32.0 Å². The van der Waals surface area contributed by atoms with E-state index in [4.69, 9.17) is 0 Å². The van der Waals surface area contributed by atoms with Gasteiger partial charge < -0.3 is 19.9 Å². The summed E-state index contributed by atoms with van der Waals surface area (Å²) in [4.78, 5) is 40.7. The minimum absolute atomic E-state index is 0.00188. The zero-order valence-electron chi connectivity index (χ0n) is 15.7. The number of aromatic carboxylic acids is 1. The van der Waals surface area contributed by atoms with E-state index in [1.165, 1.54) is 18.0 Å². The summed E-state index contributed by atoms with van der Waals surface area (Å²) in [6.07, 6.45) is 1.60. The maximum absolute atomic E-state index is 14.8. The number of rotatable bonds is 5. The number of amides is 1. The minimum Gasteiger partial charge on any atom is -0.477 e. The Morgan fingerprint density at radius 1 is 1.34 bits per heavy atom. The van der Waals surface area contributed by atoms with Crippen LogP contribution in [-0.2, 0) is 4.79 Å². The van der Waals surface area contributed by atoms with Gasteiger partial charge in [-0.05, 0) is 18.9 Å². The summed E-state index contributed by atoms with van der Waals surface area (Å²) in [6, 6.07) is 0.988. The predicted octanol–water partition coefficient (Wildman–Crippen LogP) is 1.48. The number of carboxylic acids is 1. The normalized spacial score (nSPS) is 21.6. The number of nitrogens with zero attached hydrogens (tertiary/aromatic N) is 3. The lowest BCUT2D eigenvalue weighted by molar-refractivity contribution is -0.119. The lowest BCUT2D eigenvalue weighted by Gasteiger charge is -2.19. The Bertz CT molecular complexity index is 1070. The van der Waals surface area contributed by atoms with Gasteiger partial charge in [-0.15, -0.1) is 0 Å². The van der Waals surface area contributed by atoms with Crippen molar-refractivity contribution in [3.8, 4) is 0 Å². The van der Waals surface area contributed by atoms with Crippen LogP contribution in [0.2, 0.25) is 0 Å². The van der Waals surface area contributed by atoms with Crippen molar-refractivity contribution >= 4 is 28.7 Å². The van der Waals surface area contributed by atoms with Gasteiger partial charge in [-0.25, -0.2) is 18.6 Å². The van der Waals surface area contributed by atoms with Crippen molar-refractivity contribution in [1.82, 2.24) is 14.9 Å². The fourth-order valence-electron chi connectivity index (χ4n) is 3.71. The number of fused-ring (bicyclic) bond motifs is 1. The Hall–Kier alpha value is -3.04. The number of nitrogens with one attached hydrogen (secondary N) is 1. The van der Waals surface area contributed by atoms with Gasteiger partial charge in [0.15, 0.2) is 11.6 Å². The Morgan fingerprint density at radius 2 is 2.07 bits per heavy atom. The molecule has 2 fully saturated rings. The zero-order valence-corrected chi connectivity index (χ0v) is 15.7. The summed E-state index contributed by atoms with van der Waals surface area (Å²) in [5.74, 6) is -3.05. The summed E-state index contributed by atoms with van der Waals surface area (Å²) >= 11 is 0. The number of halogens is 2. The minimum atomic E-state index is -1.38. The van der Waals surface area contributed by atoms with Gasteiger partial charge in [-0.1, -0.05) is 0 Å². The summed E-state index contributed by atoms with van der Waals surface area (Å²) < 4.78 is 30.8. The molecule has 0 radical (unpaired) electrons. The number of hydrogen-bond donors (Lipinski definition) is 2. The van der Waals surface area contributed by atoms with Crippen LogP contribution >= 0.6 is 0 Å². The fourth-order valence-corrected chi connectivity index (χ4v) is 3.71. The number of alkyl halides is 1. The molecule has 1 saturated heterocycles. The first kappa shape index (κ1) is 19.3. The highest BCUT2D eigenvalue weighted by Crippen LogP contribution is 2.37. The molecule has 154 valence electrons. The molecule has 1 amide bonds. The van der Waals surface area contributed by atoms with Crippen molar-refractivity contribution in [2.24, 2.45) is 5.92 Å². The molecular weight excluding hydrogens is 386 g/mol. The van der Waals surface area contributed by atoms with Gasteiger partial charge in [0, 0.05) is 38.2 Å². The Morgan fingerprint density at radius 3 is 2.69 bits per heavy atom. The molecule has 0 bridgehead atoms. The van der Waals surface area contributed by atoms with E-state index in [-0.39, 0.29) is 48.4 Å². The molecular formula is C19H20F2N4O4. The van der Waals surface area contributed by atoms with E-state index >= 15 is 0 Å². The molecule has 2 aromatic rings. The average molecular weight is 406 g/mol. The average Bonchev–Trinajstić information content (AvgIpc) is 3.43. The van der Waals surface area contributed by atoms with Crippen molar-refractivity contribution in [2.75, 3.05) is 24.5 Å². The van der Waals surface area contributed by atoms with E-state index in [1.54, 1.807) is 4.57 Å². The molecule has 0 aromatic carbocycles. The highest BCUT2D eigenvalue weighted by Gasteiger charge is 2.35. The van der Waals surface area contributed by atoms with Crippen molar-refractivity contribution in [3.05, 3.63) is 33.9 Å². The standard InChI is InChI=1S/C19H20F2N4O4/c1-9(26)22-5-10-6-24(8-15(10)21)18-14(20)4-12-16(27)13(19(28)29)7-25(11-2-3-11)17(12)23-18/h4,7,10-11,15H,2-3,5-6,8H2,1H3,(H,22,26)(H,28,29)/t10-,15+/m1/s1. The summed E-state index contributed by atoms with van der Waals surface area (Å²) in [7, 11) is 0. The SMILES string of the molecule is CC(=O)NC[C@@H]1CN(c2nc3c(cc2F)c(=O)c(C(=O)O)cn3C2CC2)C[C@@H]1F. The van der Waals surface area contributed by atoms with E-state index in [0.717, 1.165) is 18.9 Å². The first-order valence-electron chi connectivity index (χ1n) is 9.38. The molecule has 0 spiro atoms. The predicted molar refractivity (Wildman–Crippen MR) is 100 cm³/mol. The van der Waals surface area contributed by atoms with E-state index in [2.05, 4.69) is 10.3 Å². The van der Waals surface area contributed by atoms with Crippen molar-refractivity contribution in [1.29, 1.82) is 0 Å². The molecule has 2 aromatic heterocycles. The van der Waals surface area contributed by atoms with Gasteiger partial charge >= 0.3 is 5.97 Å². The molecule has 2 N–H and O–H groups in total. The fraction of sp³-hybridized carbons (Fsp3) is 0.474. The number of carboxylic acid groups (broad SMARTS) is 1. The molecule has 4 rings (SSSR count). The van der Waals surface area contributed by atoms with Gasteiger partial charge in [-0.3, -0.25) is 9.59 Å². The summed E-state index contributed by atoms with van der Waals surface area (Å²) in [5, 5.41) is 11.8. The number of carbonyl (C=O) groups is 2. The molecule has 29 heavy (non-hydrogen) atoms. The third-order valence-corrected chi connectivity index (χ3v) is 5.38. The molecule has 2 atom stereocenters. The maximum atomic E-state index is 14.8. The largest absolute Gasteiger partial charge is 0.477 e.